The molecule has 0 aromatic heterocycles. The van der Waals surface area contributed by atoms with E-state index >= 15 is 0 Å². The van der Waals surface area contributed by atoms with Gasteiger partial charge in [-0.05, 0) is 12.8 Å². The third kappa shape index (κ3) is 0.648. The van der Waals surface area contributed by atoms with E-state index in [9.17, 15) is 0 Å². The Labute approximate surface area is 61.0 Å². The van der Waals surface area contributed by atoms with Crippen molar-refractivity contribution in [1.29, 1.82) is 0 Å². The van der Waals surface area contributed by atoms with Crippen molar-refractivity contribution in [2.24, 2.45) is 28.0 Å². The number of rotatable bonds is 1. The molecule has 2 heteroatoms. The van der Waals surface area contributed by atoms with Crippen LogP contribution in [-0.2, 0) is 0 Å². The van der Waals surface area contributed by atoms with E-state index in [0.717, 1.165) is 17.8 Å². The topological polar surface area (TPSA) is 24.7 Å². The Hall–Kier alpha value is -0.660. The first kappa shape index (κ1) is 6.08. The molecule has 3 unspecified atom stereocenters. The quantitative estimate of drug-likeness (QED) is 0.524. The molecule has 2 aliphatic rings. The second kappa shape index (κ2) is 1.91. The van der Waals surface area contributed by atoms with E-state index in [2.05, 4.69) is 24.1 Å². The lowest BCUT2D eigenvalue weighted by molar-refractivity contribution is 0.755. The smallest absolute Gasteiger partial charge is 0.0415 e. The van der Waals surface area contributed by atoms with Crippen LogP contribution in [0.15, 0.2) is 10.2 Å². The highest BCUT2D eigenvalue weighted by Gasteiger charge is 2.50. The van der Waals surface area contributed by atoms with Gasteiger partial charge in [-0.25, -0.2) is 0 Å². The fourth-order valence-electron chi connectivity index (χ4n) is 1.99. The van der Waals surface area contributed by atoms with Gasteiger partial charge in [0.15, 0.2) is 0 Å². The van der Waals surface area contributed by atoms with Crippen molar-refractivity contribution >= 4 is 11.9 Å². The maximum Gasteiger partial charge on any atom is 0.0415 e. The molecule has 1 saturated carbocycles. The maximum atomic E-state index is 4.04. The summed E-state index contributed by atoms with van der Waals surface area (Å²) < 4.78 is 0. The fourth-order valence-corrected chi connectivity index (χ4v) is 1.99. The maximum absolute atomic E-state index is 4.04. The molecule has 0 radical (unpaired) electrons. The molecule has 1 heterocycles. The van der Waals surface area contributed by atoms with Crippen molar-refractivity contribution in [3.05, 3.63) is 0 Å². The molecule has 10 heavy (non-hydrogen) atoms. The molecule has 3 atom stereocenters. The van der Waals surface area contributed by atoms with Gasteiger partial charge in [-0.3, -0.25) is 0 Å². The van der Waals surface area contributed by atoms with Crippen molar-refractivity contribution in [1.82, 2.24) is 0 Å². The molecule has 0 N–H and O–H groups in total. The Balaban J connectivity index is 2.17. The van der Waals surface area contributed by atoms with Gasteiger partial charge in [0.05, 0.1) is 0 Å². The molecule has 54 valence electrons. The van der Waals surface area contributed by atoms with Crippen LogP contribution < -0.4 is 0 Å². The lowest BCUT2D eigenvalue weighted by Gasteiger charge is -1.96. The summed E-state index contributed by atoms with van der Waals surface area (Å²) in [5.74, 6) is 2.35. The molecule has 1 fully saturated rings. The summed E-state index contributed by atoms with van der Waals surface area (Å²) in [4.78, 5) is 0. The van der Waals surface area contributed by atoms with E-state index in [1.54, 1.807) is 0 Å². The standard InChI is InChI=1S/C8H12N2/c1-3-6-7-4-9-10-5(2)8(6)7/h4,6-8H,3H2,1-2H3. The SMILES string of the molecule is CCC1C2C=NN=C(C)C21. The van der Waals surface area contributed by atoms with Gasteiger partial charge in [0, 0.05) is 23.8 Å². The molecule has 0 amide bonds. The fraction of sp³-hybridized carbons (Fsp3) is 0.750. The second-order valence-corrected chi connectivity index (χ2v) is 3.18. The summed E-state index contributed by atoms with van der Waals surface area (Å²) in [5.41, 5.74) is 1.24. The summed E-state index contributed by atoms with van der Waals surface area (Å²) in [5, 5.41) is 7.98. The Kier molecular flexibility index (Phi) is 1.16. The summed E-state index contributed by atoms with van der Waals surface area (Å²) in [6.45, 7) is 4.33. The van der Waals surface area contributed by atoms with Gasteiger partial charge in [0.1, 0.15) is 0 Å². The first-order valence-corrected chi connectivity index (χ1v) is 3.92. The monoisotopic (exact) mass is 136 g/mol. The molecule has 0 saturated heterocycles. The predicted octanol–water partition coefficient (Wildman–Crippen LogP) is 1.72. The highest BCUT2D eigenvalue weighted by Crippen LogP contribution is 2.49. The molecule has 1 aliphatic carbocycles. The van der Waals surface area contributed by atoms with Crippen LogP contribution in [0.3, 0.4) is 0 Å². The van der Waals surface area contributed by atoms with E-state index in [1.807, 2.05) is 6.21 Å². The predicted molar refractivity (Wildman–Crippen MR) is 42.4 cm³/mol. The van der Waals surface area contributed by atoms with Crippen LogP contribution >= 0.6 is 0 Å². The normalized spacial score (nSPS) is 42.6. The third-order valence-electron chi connectivity index (χ3n) is 2.64. The van der Waals surface area contributed by atoms with Gasteiger partial charge in [-0.1, -0.05) is 13.3 Å². The van der Waals surface area contributed by atoms with E-state index in [-0.39, 0.29) is 0 Å². The number of fused-ring (bicyclic) bond motifs is 1. The third-order valence-corrected chi connectivity index (χ3v) is 2.64. The van der Waals surface area contributed by atoms with Gasteiger partial charge < -0.3 is 0 Å². The summed E-state index contributed by atoms with van der Waals surface area (Å²) in [6, 6.07) is 0. The minimum atomic E-state index is 0.738. The first-order chi connectivity index (χ1) is 4.84. The summed E-state index contributed by atoms with van der Waals surface area (Å²) in [6.07, 6.45) is 3.28. The minimum Gasteiger partial charge on any atom is -0.163 e. The highest BCUT2D eigenvalue weighted by atomic mass is 15.2. The van der Waals surface area contributed by atoms with Gasteiger partial charge in [-0.15, -0.1) is 0 Å². The van der Waals surface area contributed by atoms with Crippen LogP contribution in [0.4, 0.5) is 0 Å². The Bertz CT molecular complexity index is 205. The van der Waals surface area contributed by atoms with Crippen LogP contribution in [0.5, 0.6) is 0 Å². The van der Waals surface area contributed by atoms with E-state index in [0.29, 0.717) is 0 Å². The van der Waals surface area contributed by atoms with Crippen molar-refractivity contribution in [2.45, 2.75) is 20.3 Å². The number of hydrogen-bond donors (Lipinski definition) is 0. The molecule has 2 nitrogen and oxygen atoms in total. The summed E-state index contributed by atoms with van der Waals surface area (Å²) in [7, 11) is 0. The van der Waals surface area contributed by atoms with Crippen LogP contribution in [-0.4, -0.2) is 11.9 Å². The molecule has 0 bridgehead atoms. The van der Waals surface area contributed by atoms with Crippen LogP contribution in [0, 0.1) is 17.8 Å². The molecular weight excluding hydrogens is 124 g/mol. The van der Waals surface area contributed by atoms with Crippen LogP contribution in [0.2, 0.25) is 0 Å². The Morgan fingerprint density at radius 2 is 2.40 bits per heavy atom. The average molecular weight is 136 g/mol. The van der Waals surface area contributed by atoms with Crippen molar-refractivity contribution in [3.63, 3.8) is 0 Å². The van der Waals surface area contributed by atoms with Crippen molar-refractivity contribution in [2.75, 3.05) is 0 Å². The lowest BCUT2D eigenvalue weighted by atomic mass is 10.2. The van der Waals surface area contributed by atoms with Gasteiger partial charge in [0.2, 0.25) is 0 Å². The number of hydrogen-bond acceptors (Lipinski definition) is 2. The van der Waals surface area contributed by atoms with E-state index in [1.165, 1.54) is 12.1 Å². The summed E-state index contributed by atoms with van der Waals surface area (Å²) >= 11 is 0. The first-order valence-electron chi connectivity index (χ1n) is 3.92. The molecule has 1 aliphatic heterocycles. The van der Waals surface area contributed by atoms with Crippen molar-refractivity contribution in [3.8, 4) is 0 Å². The largest absolute Gasteiger partial charge is 0.163 e. The van der Waals surface area contributed by atoms with Crippen molar-refractivity contribution < 1.29 is 0 Å². The van der Waals surface area contributed by atoms with Crippen LogP contribution in [0.1, 0.15) is 20.3 Å². The second-order valence-electron chi connectivity index (χ2n) is 3.18. The van der Waals surface area contributed by atoms with Gasteiger partial charge >= 0.3 is 0 Å². The van der Waals surface area contributed by atoms with E-state index < -0.39 is 0 Å². The molecule has 0 aromatic carbocycles. The lowest BCUT2D eigenvalue weighted by Crippen LogP contribution is -2.00. The minimum absolute atomic E-state index is 0.738. The highest BCUT2D eigenvalue weighted by molar-refractivity contribution is 5.94. The zero-order valence-corrected chi connectivity index (χ0v) is 6.41. The zero-order chi connectivity index (χ0) is 7.14. The molecule has 0 spiro atoms. The Morgan fingerprint density at radius 3 is 3.00 bits per heavy atom. The van der Waals surface area contributed by atoms with Gasteiger partial charge in [-0.2, -0.15) is 10.2 Å². The van der Waals surface area contributed by atoms with Gasteiger partial charge in [0.25, 0.3) is 0 Å². The molecule has 2 rings (SSSR count). The average Bonchev–Trinajstić information content (AvgIpc) is 2.63. The zero-order valence-electron chi connectivity index (χ0n) is 6.41. The number of nitrogens with zero attached hydrogens (tertiary/aromatic N) is 2. The van der Waals surface area contributed by atoms with E-state index in [4.69, 9.17) is 0 Å². The van der Waals surface area contributed by atoms with Crippen LogP contribution in [0.25, 0.3) is 0 Å². The Morgan fingerprint density at radius 1 is 1.60 bits per heavy atom. The molecular formula is C8H12N2. The molecule has 0 aromatic rings.